The number of amides is 2. The number of Topliss-reactive ketones (excluding diaryl/α,β-unsaturated/α-hetero) is 1. The highest BCUT2D eigenvalue weighted by molar-refractivity contribution is 6.36. The number of nitrogens with one attached hydrogen (secondary N) is 1. The fraction of sp³-hybridized carbons (Fsp3) is 0.158. The molecule has 2 aromatic carbocycles. The molecule has 6 heteroatoms. The van der Waals surface area contributed by atoms with E-state index in [1.807, 2.05) is 0 Å². The Labute approximate surface area is 143 Å². The minimum absolute atomic E-state index is 0.104. The number of carbonyl (C=O) groups excluding carboxylic acids is 3. The van der Waals surface area contributed by atoms with Crippen LogP contribution in [0.2, 0.25) is 0 Å². The normalized spacial score (nSPS) is 13.6. The molecule has 0 unspecified atom stereocenters. The number of hydrogen-bond acceptors (Lipinski definition) is 4. The first-order valence-electron chi connectivity index (χ1n) is 7.89. The van der Waals surface area contributed by atoms with Crippen molar-refractivity contribution in [3.63, 3.8) is 0 Å². The second-order valence-electron chi connectivity index (χ2n) is 6.17. The number of benzene rings is 2. The van der Waals surface area contributed by atoms with E-state index in [2.05, 4.69) is 10.2 Å². The highest BCUT2D eigenvalue weighted by Crippen LogP contribution is 2.36. The van der Waals surface area contributed by atoms with Gasteiger partial charge in [0.15, 0.2) is 5.78 Å². The van der Waals surface area contributed by atoms with Crippen molar-refractivity contribution in [2.24, 2.45) is 0 Å². The van der Waals surface area contributed by atoms with Crippen LogP contribution in [0.1, 0.15) is 49.4 Å². The van der Waals surface area contributed by atoms with Crippen LogP contribution in [0.4, 0.5) is 5.69 Å². The molecule has 1 aromatic heterocycles. The summed E-state index contributed by atoms with van der Waals surface area (Å²) in [5.41, 5.74) is 3.04. The van der Waals surface area contributed by atoms with E-state index >= 15 is 0 Å². The first-order valence-corrected chi connectivity index (χ1v) is 7.89. The lowest BCUT2D eigenvalue weighted by Crippen LogP contribution is -2.41. The lowest BCUT2D eigenvalue weighted by Gasteiger charge is -2.27. The van der Waals surface area contributed by atoms with Gasteiger partial charge in [0.1, 0.15) is 0 Å². The Morgan fingerprint density at radius 2 is 1.72 bits per heavy atom. The van der Waals surface area contributed by atoms with Crippen molar-refractivity contribution in [2.75, 3.05) is 4.90 Å². The molecule has 124 valence electrons. The maximum absolute atomic E-state index is 13.1. The molecule has 0 saturated heterocycles. The van der Waals surface area contributed by atoms with Gasteiger partial charge >= 0.3 is 0 Å². The van der Waals surface area contributed by atoms with Crippen LogP contribution in [0.3, 0.4) is 0 Å². The van der Waals surface area contributed by atoms with Crippen molar-refractivity contribution in [1.29, 1.82) is 0 Å². The molecule has 2 amide bonds. The highest BCUT2D eigenvalue weighted by atomic mass is 16.2. The number of H-pyrrole nitrogens is 1. The van der Waals surface area contributed by atoms with Crippen LogP contribution in [-0.4, -0.2) is 27.8 Å². The molecule has 1 N–H and O–H groups in total. The van der Waals surface area contributed by atoms with Gasteiger partial charge in [0, 0.05) is 22.1 Å². The summed E-state index contributed by atoms with van der Waals surface area (Å²) in [6.45, 7) is 4.99. The number of carbonyl (C=O) groups is 3. The van der Waals surface area contributed by atoms with Crippen LogP contribution in [-0.2, 0) is 0 Å². The van der Waals surface area contributed by atoms with Crippen molar-refractivity contribution in [3.05, 3.63) is 58.4 Å². The lowest BCUT2D eigenvalue weighted by molar-refractivity contribution is 0.0891. The van der Waals surface area contributed by atoms with Crippen LogP contribution in [0.25, 0.3) is 10.8 Å². The number of rotatable bonds is 2. The number of aromatic amines is 1. The average Bonchev–Trinajstić information content (AvgIpc) is 2.91. The van der Waals surface area contributed by atoms with Crippen LogP contribution >= 0.6 is 0 Å². The Balaban J connectivity index is 2.05. The second-order valence-corrected chi connectivity index (χ2v) is 6.17. The van der Waals surface area contributed by atoms with Crippen molar-refractivity contribution in [2.45, 2.75) is 20.8 Å². The summed E-state index contributed by atoms with van der Waals surface area (Å²) < 4.78 is 0. The standard InChI is InChI=1S/C19H15N3O3/c1-9-17(10(2)21-20-9)22-18(24)14-6-4-5-13-12(11(3)23)7-8-15(16(13)14)19(22)25/h4-8H,1-3H3,(H,20,21). The molecule has 25 heavy (non-hydrogen) atoms. The molecule has 2 heterocycles. The van der Waals surface area contributed by atoms with E-state index in [0.717, 1.165) is 0 Å². The molecule has 1 aliphatic heterocycles. The van der Waals surface area contributed by atoms with Gasteiger partial charge in [-0.3, -0.25) is 19.5 Å². The third-order valence-electron chi connectivity index (χ3n) is 4.60. The van der Waals surface area contributed by atoms with Gasteiger partial charge in [0.25, 0.3) is 11.8 Å². The molecule has 0 fully saturated rings. The Hall–Kier alpha value is -3.28. The molecule has 0 aliphatic carbocycles. The Morgan fingerprint density at radius 1 is 1.04 bits per heavy atom. The zero-order chi connectivity index (χ0) is 17.9. The largest absolute Gasteiger partial charge is 0.294 e. The number of aromatic nitrogens is 2. The zero-order valence-corrected chi connectivity index (χ0v) is 14.0. The number of anilines is 1. The molecule has 1 aliphatic rings. The minimum Gasteiger partial charge on any atom is -0.294 e. The quantitative estimate of drug-likeness (QED) is 0.577. The summed E-state index contributed by atoms with van der Waals surface area (Å²) in [7, 11) is 0. The molecule has 0 atom stereocenters. The smallest absolute Gasteiger partial charge is 0.266 e. The maximum Gasteiger partial charge on any atom is 0.266 e. The van der Waals surface area contributed by atoms with E-state index in [1.54, 1.807) is 44.2 Å². The minimum atomic E-state index is -0.406. The maximum atomic E-state index is 13.1. The SMILES string of the molecule is CC(=O)c1ccc2c3c(cccc13)C(=O)N(c1c(C)n[nH]c1C)C2=O. The fourth-order valence-electron chi connectivity index (χ4n) is 3.48. The van der Waals surface area contributed by atoms with Gasteiger partial charge in [-0.15, -0.1) is 0 Å². The first-order chi connectivity index (χ1) is 11.9. The molecule has 0 spiro atoms. The monoisotopic (exact) mass is 333 g/mol. The summed E-state index contributed by atoms with van der Waals surface area (Å²) in [6, 6.07) is 8.45. The summed E-state index contributed by atoms with van der Waals surface area (Å²) in [5.74, 6) is -0.916. The Morgan fingerprint density at radius 3 is 2.32 bits per heavy atom. The molecular weight excluding hydrogens is 318 g/mol. The van der Waals surface area contributed by atoms with Crippen LogP contribution < -0.4 is 4.90 Å². The molecule has 0 bridgehead atoms. The van der Waals surface area contributed by atoms with Crippen molar-refractivity contribution >= 4 is 34.1 Å². The van der Waals surface area contributed by atoms with Gasteiger partial charge in [0.2, 0.25) is 0 Å². The summed E-state index contributed by atoms with van der Waals surface area (Å²) in [6.07, 6.45) is 0. The predicted octanol–water partition coefficient (Wildman–Crippen LogP) is 3.18. The number of hydrogen-bond donors (Lipinski definition) is 1. The second kappa shape index (κ2) is 5.11. The number of aryl methyl sites for hydroxylation is 2. The highest BCUT2D eigenvalue weighted by Gasteiger charge is 2.36. The Bertz CT molecular complexity index is 1050. The molecular formula is C19H15N3O3. The number of ketones is 1. The average molecular weight is 333 g/mol. The molecule has 4 rings (SSSR count). The van der Waals surface area contributed by atoms with Gasteiger partial charge in [-0.2, -0.15) is 5.10 Å². The van der Waals surface area contributed by atoms with Gasteiger partial charge < -0.3 is 0 Å². The van der Waals surface area contributed by atoms with Crippen molar-refractivity contribution < 1.29 is 14.4 Å². The van der Waals surface area contributed by atoms with Crippen molar-refractivity contribution in [1.82, 2.24) is 10.2 Å². The van der Waals surface area contributed by atoms with E-state index in [0.29, 0.717) is 44.5 Å². The third-order valence-corrected chi connectivity index (χ3v) is 4.60. The van der Waals surface area contributed by atoms with Crippen LogP contribution in [0.15, 0.2) is 30.3 Å². The Kier molecular flexibility index (Phi) is 3.12. The summed E-state index contributed by atoms with van der Waals surface area (Å²) in [4.78, 5) is 39.2. The van der Waals surface area contributed by atoms with E-state index in [4.69, 9.17) is 0 Å². The van der Waals surface area contributed by atoms with Crippen LogP contribution in [0.5, 0.6) is 0 Å². The first kappa shape index (κ1) is 15.3. The number of nitrogens with zero attached hydrogens (tertiary/aromatic N) is 2. The zero-order valence-electron chi connectivity index (χ0n) is 14.0. The third kappa shape index (κ3) is 1.97. The van der Waals surface area contributed by atoms with Gasteiger partial charge in [0.05, 0.1) is 17.1 Å². The predicted molar refractivity (Wildman–Crippen MR) is 93.2 cm³/mol. The van der Waals surface area contributed by atoms with E-state index in [9.17, 15) is 14.4 Å². The molecule has 6 nitrogen and oxygen atoms in total. The van der Waals surface area contributed by atoms with E-state index in [1.165, 1.54) is 11.8 Å². The molecule has 3 aromatic rings. The van der Waals surface area contributed by atoms with Gasteiger partial charge in [-0.25, -0.2) is 4.90 Å². The summed E-state index contributed by atoms with van der Waals surface area (Å²) in [5, 5.41) is 8.07. The number of imide groups is 1. The van der Waals surface area contributed by atoms with E-state index in [-0.39, 0.29) is 5.78 Å². The van der Waals surface area contributed by atoms with Crippen LogP contribution in [0, 0.1) is 13.8 Å². The fourth-order valence-corrected chi connectivity index (χ4v) is 3.48. The lowest BCUT2D eigenvalue weighted by atomic mass is 9.90. The van der Waals surface area contributed by atoms with E-state index < -0.39 is 11.8 Å². The molecule has 0 saturated carbocycles. The van der Waals surface area contributed by atoms with Gasteiger partial charge in [-0.05, 0) is 44.4 Å². The summed E-state index contributed by atoms with van der Waals surface area (Å²) >= 11 is 0. The van der Waals surface area contributed by atoms with Crippen molar-refractivity contribution in [3.8, 4) is 0 Å². The topological polar surface area (TPSA) is 83.1 Å². The van der Waals surface area contributed by atoms with Gasteiger partial charge in [-0.1, -0.05) is 12.1 Å². The molecule has 0 radical (unpaired) electrons.